The normalized spacial score (nSPS) is 26.6. The number of nitrogens with one attached hydrogen (secondary N) is 1. The van der Waals surface area contributed by atoms with Crippen molar-refractivity contribution in [3.8, 4) is 0 Å². The van der Waals surface area contributed by atoms with Crippen LogP contribution in [0.5, 0.6) is 0 Å². The monoisotopic (exact) mass is 281 g/mol. The maximum Gasteiger partial charge on any atom is 0.0942 e. The molecule has 0 amide bonds. The summed E-state index contributed by atoms with van der Waals surface area (Å²) < 4.78 is 2.02. The van der Waals surface area contributed by atoms with Gasteiger partial charge in [0.15, 0.2) is 0 Å². The second-order valence-corrected chi connectivity index (χ2v) is 7.73. The Morgan fingerprint density at radius 3 is 2.84 bits per heavy atom. The van der Waals surface area contributed by atoms with Crippen LogP contribution in [0.4, 0.5) is 0 Å². The lowest BCUT2D eigenvalue weighted by Gasteiger charge is -2.40. The molecular formula is C15H27N3S. The fraction of sp³-hybridized carbons (Fsp3) is 0.800. The van der Waals surface area contributed by atoms with E-state index in [4.69, 9.17) is 0 Å². The Morgan fingerprint density at radius 2 is 2.26 bits per heavy atom. The molecule has 3 nitrogen and oxygen atoms in total. The average molecular weight is 281 g/mol. The molecule has 1 aliphatic rings. The minimum atomic E-state index is 0.469. The first kappa shape index (κ1) is 14.9. The highest BCUT2D eigenvalue weighted by atomic mass is 32.2. The Bertz CT molecular complexity index is 425. The molecule has 1 heterocycles. The zero-order valence-corrected chi connectivity index (χ0v) is 13.7. The molecule has 0 saturated heterocycles. The summed E-state index contributed by atoms with van der Waals surface area (Å²) in [6, 6.07) is 2.84. The number of hydrogen-bond acceptors (Lipinski definition) is 3. The summed E-state index contributed by atoms with van der Waals surface area (Å²) >= 11 is 2.00. The first-order valence-corrected chi connectivity index (χ1v) is 8.20. The fourth-order valence-corrected chi connectivity index (χ4v) is 4.67. The first-order chi connectivity index (χ1) is 8.91. The van der Waals surface area contributed by atoms with Crippen LogP contribution in [-0.4, -0.2) is 27.6 Å². The van der Waals surface area contributed by atoms with Crippen molar-refractivity contribution in [3.05, 3.63) is 11.8 Å². The Morgan fingerprint density at radius 1 is 1.53 bits per heavy atom. The molecule has 2 rings (SSSR count). The van der Waals surface area contributed by atoms with Gasteiger partial charge in [0.25, 0.3) is 0 Å². The second kappa shape index (κ2) is 5.88. The molecule has 0 radical (unpaired) electrons. The van der Waals surface area contributed by atoms with Gasteiger partial charge >= 0.3 is 0 Å². The quantitative estimate of drug-likeness (QED) is 0.917. The van der Waals surface area contributed by atoms with Crippen molar-refractivity contribution >= 4 is 11.8 Å². The third-order valence-electron chi connectivity index (χ3n) is 4.03. The van der Waals surface area contributed by atoms with Crippen molar-refractivity contribution in [3.63, 3.8) is 0 Å². The Hall–Kier alpha value is -0.480. The summed E-state index contributed by atoms with van der Waals surface area (Å²) in [6.07, 6.45) is 3.89. The van der Waals surface area contributed by atoms with Crippen molar-refractivity contribution in [1.29, 1.82) is 0 Å². The van der Waals surface area contributed by atoms with E-state index in [0.717, 1.165) is 12.2 Å². The molecule has 0 aromatic carbocycles. The number of aromatic nitrogens is 2. The summed E-state index contributed by atoms with van der Waals surface area (Å²) in [5, 5.41) is 10.1. The third kappa shape index (κ3) is 3.76. The van der Waals surface area contributed by atoms with Crippen LogP contribution in [0.2, 0.25) is 0 Å². The summed E-state index contributed by atoms with van der Waals surface area (Å²) in [7, 11) is 2.05. The van der Waals surface area contributed by atoms with Gasteiger partial charge < -0.3 is 5.32 Å². The molecule has 1 aliphatic carbocycles. The van der Waals surface area contributed by atoms with Gasteiger partial charge in [-0.15, -0.1) is 11.8 Å². The maximum atomic E-state index is 4.46. The highest BCUT2D eigenvalue weighted by Crippen LogP contribution is 2.42. The molecule has 0 aliphatic heterocycles. The van der Waals surface area contributed by atoms with Crippen molar-refractivity contribution in [2.45, 2.75) is 63.3 Å². The van der Waals surface area contributed by atoms with E-state index in [0.29, 0.717) is 16.7 Å². The molecule has 1 N–H and O–H groups in total. The number of aryl methyl sites for hydroxylation is 2. The van der Waals surface area contributed by atoms with E-state index < -0.39 is 0 Å². The standard InChI is InChI=1S/C15H27N3S/c1-6-16-12-7-8-15(3,4)10-13(12)19-14-9-11(2)17-18(14)5/h9,12-13,16H,6-8,10H2,1-5H3. The summed E-state index contributed by atoms with van der Waals surface area (Å²) in [5.41, 5.74) is 1.58. The predicted molar refractivity (Wildman–Crippen MR) is 82.7 cm³/mol. The van der Waals surface area contributed by atoms with Crippen molar-refractivity contribution < 1.29 is 0 Å². The molecule has 2 unspecified atom stereocenters. The van der Waals surface area contributed by atoms with Gasteiger partial charge in [0.1, 0.15) is 0 Å². The predicted octanol–water partition coefficient (Wildman–Crippen LogP) is 3.38. The van der Waals surface area contributed by atoms with Crippen molar-refractivity contribution in [1.82, 2.24) is 15.1 Å². The van der Waals surface area contributed by atoms with Gasteiger partial charge in [-0.3, -0.25) is 4.68 Å². The molecule has 1 fully saturated rings. The molecule has 0 bridgehead atoms. The van der Waals surface area contributed by atoms with E-state index in [1.807, 2.05) is 23.5 Å². The molecule has 1 aromatic rings. The smallest absolute Gasteiger partial charge is 0.0942 e. The maximum absolute atomic E-state index is 4.46. The SMILES string of the molecule is CCNC1CCC(C)(C)CC1Sc1cc(C)nn1C. The number of nitrogens with zero attached hydrogens (tertiary/aromatic N) is 2. The van der Waals surface area contributed by atoms with E-state index in [2.05, 4.69) is 44.2 Å². The molecule has 2 atom stereocenters. The second-order valence-electron chi connectivity index (χ2n) is 6.48. The Labute approximate surface area is 121 Å². The van der Waals surface area contributed by atoms with Crippen LogP contribution in [0.15, 0.2) is 11.1 Å². The van der Waals surface area contributed by atoms with Gasteiger partial charge in [-0.05, 0) is 44.2 Å². The summed E-state index contributed by atoms with van der Waals surface area (Å²) in [4.78, 5) is 0. The number of thioether (sulfide) groups is 1. The van der Waals surface area contributed by atoms with Crippen molar-refractivity contribution in [2.75, 3.05) is 6.54 Å². The highest BCUT2D eigenvalue weighted by Gasteiger charge is 2.35. The largest absolute Gasteiger partial charge is 0.313 e. The number of rotatable bonds is 4. The minimum Gasteiger partial charge on any atom is -0.313 e. The number of hydrogen-bond donors (Lipinski definition) is 1. The molecule has 1 aromatic heterocycles. The van der Waals surface area contributed by atoms with Crippen LogP contribution in [0.3, 0.4) is 0 Å². The van der Waals surface area contributed by atoms with Crippen LogP contribution < -0.4 is 5.32 Å². The van der Waals surface area contributed by atoms with Gasteiger partial charge in [-0.2, -0.15) is 5.10 Å². The van der Waals surface area contributed by atoms with Gasteiger partial charge in [-0.25, -0.2) is 0 Å². The van der Waals surface area contributed by atoms with Gasteiger partial charge in [0, 0.05) is 18.3 Å². The lowest BCUT2D eigenvalue weighted by molar-refractivity contribution is 0.215. The van der Waals surface area contributed by atoms with E-state index in [9.17, 15) is 0 Å². The first-order valence-electron chi connectivity index (χ1n) is 7.32. The minimum absolute atomic E-state index is 0.469. The van der Waals surface area contributed by atoms with E-state index >= 15 is 0 Å². The van der Waals surface area contributed by atoms with Gasteiger partial charge in [0.2, 0.25) is 0 Å². The van der Waals surface area contributed by atoms with E-state index in [-0.39, 0.29) is 0 Å². The molecule has 108 valence electrons. The van der Waals surface area contributed by atoms with E-state index in [1.54, 1.807) is 0 Å². The van der Waals surface area contributed by atoms with Gasteiger partial charge in [0.05, 0.1) is 10.7 Å². The lowest BCUT2D eigenvalue weighted by Crippen LogP contribution is -2.44. The molecule has 1 saturated carbocycles. The van der Waals surface area contributed by atoms with Crippen LogP contribution in [-0.2, 0) is 7.05 Å². The summed E-state index contributed by atoms with van der Waals surface area (Å²) in [5.74, 6) is 0. The van der Waals surface area contributed by atoms with Gasteiger partial charge in [-0.1, -0.05) is 20.8 Å². The Kier molecular flexibility index (Phi) is 4.62. The average Bonchev–Trinajstić information content (AvgIpc) is 2.61. The fourth-order valence-electron chi connectivity index (χ4n) is 2.99. The van der Waals surface area contributed by atoms with Crippen LogP contribution in [0.25, 0.3) is 0 Å². The lowest BCUT2D eigenvalue weighted by atomic mass is 9.75. The molecule has 4 heteroatoms. The third-order valence-corrected chi connectivity index (χ3v) is 5.45. The van der Waals surface area contributed by atoms with Crippen LogP contribution in [0, 0.1) is 12.3 Å². The topological polar surface area (TPSA) is 29.9 Å². The molecule has 0 spiro atoms. The summed E-state index contributed by atoms with van der Waals surface area (Å²) in [6.45, 7) is 10.1. The van der Waals surface area contributed by atoms with Crippen molar-refractivity contribution in [2.24, 2.45) is 12.5 Å². The Balaban J connectivity index is 2.11. The molecular weight excluding hydrogens is 254 g/mol. The highest BCUT2D eigenvalue weighted by molar-refractivity contribution is 7.99. The zero-order valence-electron chi connectivity index (χ0n) is 12.9. The zero-order chi connectivity index (χ0) is 14.0. The van der Waals surface area contributed by atoms with E-state index in [1.165, 1.54) is 24.3 Å². The van der Waals surface area contributed by atoms with Crippen LogP contribution in [0.1, 0.15) is 45.7 Å². The molecule has 19 heavy (non-hydrogen) atoms. The van der Waals surface area contributed by atoms with Crippen LogP contribution >= 0.6 is 11.8 Å².